The summed E-state index contributed by atoms with van der Waals surface area (Å²) < 4.78 is 13.8. The van der Waals surface area contributed by atoms with Gasteiger partial charge in [-0.1, -0.05) is 197 Å². The number of fused-ring (bicyclic) bond motifs is 7. The van der Waals surface area contributed by atoms with Crippen molar-refractivity contribution in [2.24, 2.45) is 0 Å². The normalized spacial score (nSPS) is 12.8. The van der Waals surface area contributed by atoms with Crippen LogP contribution in [0, 0.1) is 0 Å². The quantitative estimate of drug-likeness (QED) is 0.135. The van der Waals surface area contributed by atoms with Crippen LogP contribution in [0.15, 0.2) is 267 Å². The Hall–Kier alpha value is -9.58. The molecule has 10 aromatic carbocycles. The zero-order chi connectivity index (χ0) is 51.0. The van der Waals surface area contributed by atoms with Gasteiger partial charge in [-0.2, -0.15) is 9.13 Å². The summed E-state index contributed by atoms with van der Waals surface area (Å²) >= 11 is 0. The van der Waals surface area contributed by atoms with Crippen LogP contribution in [0.4, 0.5) is 0 Å². The first-order chi connectivity index (χ1) is 37.3. The molecule has 0 fully saturated rings. The van der Waals surface area contributed by atoms with Gasteiger partial charge in [0.25, 0.3) is 6.33 Å². The number of benzene rings is 10. The van der Waals surface area contributed by atoms with E-state index < -0.39 is 5.41 Å². The average molecular weight is 978 g/mol. The molecule has 5 nitrogen and oxygen atoms in total. The van der Waals surface area contributed by atoms with Gasteiger partial charge in [0.05, 0.1) is 16.4 Å². The van der Waals surface area contributed by atoms with Crippen molar-refractivity contribution in [2.45, 2.75) is 31.6 Å². The Morgan fingerprint density at radius 2 is 1.03 bits per heavy atom. The second-order valence-electron chi connectivity index (χ2n) is 21.0. The molecule has 0 unspecified atom stereocenters. The molecule has 1 aliphatic rings. The Morgan fingerprint density at radius 1 is 0.447 bits per heavy atom. The maximum atomic E-state index is 6.87. The summed E-state index contributed by atoms with van der Waals surface area (Å²) in [6.45, 7) is 6.72. The zero-order valence-corrected chi connectivity index (χ0v) is 42.6. The number of para-hydroxylation sites is 3. The molecule has 0 radical (unpaired) electrons. The zero-order valence-electron chi connectivity index (χ0n) is 42.6. The van der Waals surface area contributed by atoms with Crippen LogP contribution < -0.4 is 9.30 Å². The van der Waals surface area contributed by atoms with Crippen molar-refractivity contribution in [1.82, 2.24) is 14.1 Å². The molecule has 0 amide bonds. The molecule has 0 atom stereocenters. The maximum absolute atomic E-state index is 6.87. The first-order valence-corrected chi connectivity index (χ1v) is 26.2. The molecule has 5 heteroatoms. The third-order valence-corrected chi connectivity index (χ3v) is 15.6. The summed E-state index contributed by atoms with van der Waals surface area (Å²) in [6, 6.07) is 92.3. The summed E-state index contributed by atoms with van der Waals surface area (Å²) in [7, 11) is 0. The first kappa shape index (κ1) is 45.1. The van der Waals surface area contributed by atoms with Gasteiger partial charge in [-0.15, -0.1) is 0 Å². The number of ether oxygens (including phenoxy) is 1. The van der Waals surface area contributed by atoms with E-state index in [0.717, 1.165) is 78.4 Å². The number of hydrogen-bond donors (Lipinski definition) is 0. The highest BCUT2D eigenvalue weighted by molar-refractivity contribution is 6.09. The van der Waals surface area contributed by atoms with Crippen LogP contribution in [-0.4, -0.2) is 14.1 Å². The van der Waals surface area contributed by atoms with Gasteiger partial charge in [-0.3, -0.25) is 4.57 Å². The predicted octanol–water partition coefficient (Wildman–Crippen LogP) is 17.2. The Bertz CT molecular complexity index is 4250. The van der Waals surface area contributed by atoms with Crippen LogP contribution in [-0.2, 0) is 10.8 Å². The Morgan fingerprint density at radius 3 is 1.71 bits per heavy atom. The minimum atomic E-state index is -0.603. The molecule has 13 aromatic rings. The lowest BCUT2D eigenvalue weighted by atomic mass is 9.66. The highest BCUT2D eigenvalue weighted by Crippen LogP contribution is 2.57. The molecule has 3 aromatic heterocycles. The van der Waals surface area contributed by atoms with Crippen molar-refractivity contribution >= 4 is 32.8 Å². The van der Waals surface area contributed by atoms with Crippen molar-refractivity contribution in [3.05, 3.63) is 295 Å². The van der Waals surface area contributed by atoms with Crippen LogP contribution >= 0.6 is 0 Å². The number of hydrogen-bond acceptors (Lipinski definition) is 2. The second-order valence-corrected chi connectivity index (χ2v) is 21.0. The molecular weight excluding hydrogens is 925 g/mol. The fourth-order valence-electron chi connectivity index (χ4n) is 12.1. The van der Waals surface area contributed by atoms with Crippen molar-refractivity contribution in [3.8, 4) is 62.1 Å². The van der Waals surface area contributed by atoms with E-state index in [2.05, 4.69) is 290 Å². The number of imidazole rings is 1. The van der Waals surface area contributed by atoms with E-state index in [1.54, 1.807) is 0 Å². The molecule has 0 aliphatic heterocycles. The maximum Gasteiger partial charge on any atom is 0.255 e. The SMILES string of the molecule is CC(C)(C)c1ccnc(-n2c3ccccc3c3ccc(Oc4cccc(-n5c[n+](-c6c(-c7ccccc7)cc(C7(c8ccccc8)c8ccccc8-c8ccccc87)cc6-c6ccccc6)c6ccccc65)c4)cc32)c1. The van der Waals surface area contributed by atoms with Crippen LogP contribution in [0.2, 0.25) is 0 Å². The fourth-order valence-corrected chi connectivity index (χ4v) is 12.1. The molecule has 3 heterocycles. The van der Waals surface area contributed by atoms with Crippen LogP contribution in [0.1, 0.15) is 48.6 Å². The average Bonchev–Trinajstić information content (AvgIpc) is 4.14. The van der Waals surface area contributed by atoms with Gasteiger partial charge in [0.1, 0.15) is 28.7 Å². The Balaban J connectivity index is 0.951. The van der Waals surface area contributed by atoms with Crippen LogP contribution in [0.3, 0.4) is 0 Å². The van der Waals surface area contributed by atoms with E-state index in [4.69, 9.17) is 9.72 Å². The monoisotopic (exact) mass is 977 g/mol. The van der Waals surface area contributed by atoms with Gasteiger partial charge in [0.2, 0.25) is 0 Å². The molecule has 0 N–H and O–H groups in total. The topological polar surface area (TPSA) is 35.9 Å². The second kappa shape index (κ2) is 17.8. The highest BCUT2D eigenvalue weighted by Gasteiger charge is 2.47. The van der Waals surface area contributed by atoms with Crippen molar-refractivity contribution in [3.63, 3.8) is 0 Å². The lowest BCUT2D eigenvalue weighted by Crippen LogP contribution is -2.33. The van der Waals surface area contributed by atoms with Crippen molar-refractivity contribution < 1.29 is 9.30 Å². The molecular formula is C71H53N4O+. The van der Waals surface area contributed by atoms with Gasteiger partial charge >= 0.3 is 0 Å². The third kappa shape index (κ3) is 7.22. The van der Waals surface area contributed by atoms with E-state index in [9.17, 15) is 0 Å². The van der Waals surface area contributed by atoms with E-state index >= 15 is 0 Å². The van der Waals surface area contributed by atoms with Crippen LogP contribution in [0.5, 0.6) is 11.5 Å². The van der Waals surface area contributed by atoms with Crippen LogP contribution in [0.25, 0.3) is 83.4 Å². The van der Waals surface area contributed by atoms with Gasteiger partial charge in [-0.05, 0) is 122 Å². The minimum absolute atomic E-state index is 0.0267. The van der Waals surface area contributed by atoms with E-state index in [1.807, 2.05) is 12.3 Å². The molecule has 76 heavy (non-hydrogen) atoms. The number of aromatic nitrogens is 4. The molecule has 1 aliphatic carbocycles. The molecule has 0 spiro atoms. The van der Waals surface area contributed by atoms with Gasteiger partial charge in [0.15, 0.2) is 11.0 Å². The standard InChI is InChI=1S/C71H53N4O/c1-70(2,3)51-40-41-72-68(44-51)75-64-35-18-15-32-58(64)59-39-38-55(46-67(59)75)76-54-29-21-28-53(45-54)73-47-74(66-37-20-19-36-65(66)73)69-60(48-22-7-4-8-23-48)42-52(43-61(69)49-24-9-5-10-25-49)71(50-26-11-6-12-27-50)62-33-16-13-30-56(62)57-31-14-17-34-63(57)71/h4-47H,1-3H3/q+1. The number of rotatable bonds is 9. The van der Waals surface area contributed by atoms with E-state index in [1.165, 1.54) is 44.3 Å². The molecule has 362 valence electrons. The van der Waals surface area contributed by atoms with Gasteiger partial charge in [0, 0.05) is 40.2 Å². The van der Waals surface area contributed by atoms with Gasteiger partial charge < -0.3 is 4.74 Å². The Labute approximate surface area is 442 Å². The summed E-state index contributed by atoms with van der Waals surface area (Å²) in [5.41, 5.74) is 19.0. The van der Waals surface area contributed by atoms with Crippen molar-refractivity contribution in [2.75, 3.05) is 0 Å². The Kier molecular flexibility index (Phi) is 10.6. The van der Waals surface area contributed by atoms with E-state index in [0.29, 0.717) is 0 Å². The summed E-state index contributed by atoms with van der Waals surface area (Å²) in [5, 5.41) is 2.32. The highest BCUT2D eigenvalue weighted by atomic mass is 16.5. The molecule has 0 saturated heterocycles. The predicted molar refractivity (Wildman–Crippen MR) is 310 cm³/mol. The van der Waals surface area contributed by atoms with E-state index in [-0.39, 0.29) is 5.41 Å². The number of pyridine rings is 1. The van der Waals surface area contributed by atoms with Crippen molar-refractivity contribution in [1.29, 1.82) is 0 Å². The molecule has 14 rings (SSSR count). The smallest absolute Gasteiger partial charge is 0.255 e. The third-order valence-electron chi connectivity index (χ3n) is 15.6. The molecule has 0 saturated carbocycles. The fraction of sp³-hybridized carbons (Fsp3) is 0.0704. The first-order valence-electron chi connectivity index (χ1n) is 26.2. The lowest BCUT2D eigenvalue weighted by Gasteiger charge is -2.35. The summed E-state index contributed by atoms with van der Waals surface area (Å²) in [4.78, 5) is 4.92. The summed E-state index contributed by atoms with van der Waals surface area (Å²) in [5.74, 6) is 2.37. The van der Waals surface area contributed by atoms with Gasteiger partial charge in [-0.25, -0.2) is 4.98 Å². The minimum Gasteiger partial charge on any atom is -0.457 e. The largest absolute Gasteiger partial charge is 0.457 e. The summed E-state index contributed by atoms with van der Waals surface area (Å²) in [6.07, 6.45) is 4.18. The molecule has 0 bridgehead atoms. The number of nitrogens with zero attached hydrogens (tertiary/aromatic N) is 4. The lowest BCUT2D eigenvalue weighted by molar-refractivity contribution is -0.566.